The van der Waals surface area contributed by atoms with Gasteiger partial charge in [0.15, 0.2) is 0 Å². The van der Waals surface area contributed by atoms with Crippen molar-refractivity contribution in [3.8, 4) is 0 Å². The van der Waals surface area contributed by atoms with Gasteiger partial charge in [0.25, 0.3) is 5.56 Å². The Balaban J connectivity index is 1.57. The first kappa shape index (κ1) is 18.3. The minimum atomic E-state index is -0.320. The minimum Gasteiger partial charge on any atom is -0.352 e. The second-order valence-electron chi connectivity index (χ2n) is 6.86. The van der Waals surface area contributed by atoms with Crippen LogP contribution in [0.2, 0.25) is 0 Å². The zero-order chi connectivity index (χ0) is 19.0. The quantitative estimate of drug-likeness (QED) is 0.660. The summed E-state index contributed by atoms with van der Waals surface area (Å²) in [5.41, 5.74) is 1.86. The number of aromatic amines is 1. The number of aromatic nitrogens is 2. The standard InChI is InChI=1S/C20H21N3O2S2/c1-11-12(2)27-20-16(11)18(24)22-15(23-20)10-26-17(13-6-4-3-5-7-13)19(25)21-14-8-9-14/h3-7,14,17H,8-10H2,1-2H3,(H,21,25)(H,22,23,24)/t17-/m1/s1. The molecule has 2 N–H and O–H groups in total. The molecule has 1 aromatic carbocycles. The van der Waals surface area contributed by atoms with Crippen LogP contribution in [0, 0.1) is 13.8 Å². The van der Waals surface area contributed by atoms with E-state index in [4.69, 9.17) is 0 Å². The van der Waals surface area contributed by atoms with E-state index in [9.17, 15) is 9.59 Å². The fraction of sp³-hybridized carbons (Fsp3) is 0.350. The highest BCUT2D eigenvalue weighted by atomic mass is 32.2. The third-order valence-corrected chi connectivity index (χ3v) is 7.10. The molecule has 0 radical (unpaired) electrons. The Kier molecular flexibility index (Phi) is 5.06. The minimum absolute atomic E-state index is 0.0277. The third-order valence-electron chi connectivity index (χ3n) is 4.74. The number of fused-ring (bicyclic) bond motifs is 1. The molecule has 1 amide bonds. The van der Waals surface area contributed by atoms with Gasteiger partial charge < -0.3 is 10.3 Å². The highest BCUT2D eigenvalue weighted by Gasteiger charge is 2.29. The molecule has 1 aliphatic carbocycles. The van der Waals surface area contributed by atoms with E-state index < -0.39 is 0 Å². The van der Waals surface area contributed by atoms with Crippen molar-refractivity contribution in [2.24, 2.45) is 0 Å². The first-order valence-electron chi connectivity index (χ1n) is 8.98. The maximum Gasteiger partial charge on any atom is 0.259 e. The molecule has 2 heterocycles. The van der Waals surface area contributed by atoms with Crippen molar-refractivity contribution in [2.45, 2.75) is 43.7 Å². The lowest BCUT2D eigenvalue weighted by atomic mass is 10.1. The number of hydrogen-bond acceptors (Lipinski definition) is 5. The van der Waals surface area contributed by atoms with Crippen LogP contribution < -0.4 is 10.9 Å². The van der Waals surface area contributed by atoms with Gasteiger partial charge in [-0.1, -0.05) is 30.3 Å². The summed E-state index contributed by atoms with van der Waals surface area (Å²) in [5.74, 6) is 1.11. The number of benzene rings is 1. The summed E-state index contributed by atoms with van der Waals surface area (Å²) in [4.78, 5) is 34.6. The van der Waals surface area contributed by atoms with Gasteiger partial charge in [0.05, 0.1) is 11.1 Å². The van der Waals surface area contributed by atoms with Crippen LogP contribution in [-0.4, -0.2) is 21.9 Å². The summed E-state index contributed by atoms with van der Waals surface area (Å²) >= 11 is 3.03. The normalized spacial score (nSPS) is 15.0. The molecule has 27 heavy (non-hydrogen) atoms. The maximum atomic E-state index is 12.7. The number of thioether (sulfide) groups is 1. The van der Waals surface area contributed by atoms with Crippen molar-refractivity contribution < 1.29 is 4.79 Å². The molecule has 5 nitrogen and oxygen atoms in total. The number of thiophene rings is 1. The van der Waals surface area contributed by atoms with E-state index in [1.807, 2.05) is 44.2 Å². The molecular weight excluding hydrogens is 378 g/mol. The van der Waals surface area contributed by atoms with Crippen molar-refractivity contribution in [2.75, 3.05) is 0 Å². The molecule has 1 atom stereocenters. The maximum absolute atomic E-state index is 12.7. The van der Waals surface area contributed by atoms with E-state index in [1.165, 1.54) is 11.8 Å². The van der Waals surface area contributed by atoms with Gasteiger partial charge in [0, 0.05) is 10.9 Å². The predicted octanol–water partition coefficient (Wildman–Crippen LogP) is 3.85. The lowest BCUT2D eigenvalue weighted by molar-refractivity contribution is -0.120. The largest absolute Gasteiger partial charge is 0.352 e. The molecule has 1 aliphatic rings. The van der Waals surface area contributed by atoms with Gasteiger partial charge in [-0.05, 0) is 37.8 Å². The van der Waals surface area contributed by atoms with Crippen LogP contribution >= 0.6 is 23.1 Å². The topological polar surface area (TPSA) is 74.8 Å². The number of hydrogen-bond donors (Lipinski definition) is 2. The fourth-order valence-electron chi connectivity index (χ4n) is 2.99. The van der Waals surface area contributed by atoms with E-state index in [0.717, 1.165) is 33.7 Å². The van der Waals surface area contributed by atoms with Crippen molar-refractivity contribution in [3.63, 3.8) is 0 Å². The van der Waals surface area contributed by atoms with Crippen LogP contribution in [0.5, 0.6) is 0 Å². The molecule has 1 fully saturated rings. The van der Waals surface area contributed by atoms with Crippen molar-refractivity contribution in [1.82, 2.24) is 15.3 Å². The molecule has 3 aromatic rings. The molecular formula is C20H21N3O2S2. The van der Waals surface area contributed by atoms with E-state index in [1.54, 1.807) is 11.3 Å². The molecule has 0 unspecified atom stereocenters. The van der Waals surface area contributed by atoms with Crippen LogP contribution in [0.1, 0.15) is 39.9 Å². The monoisotopic (exact) mass is 399 g/mol. The zero-order valence-corrected chi connectivity index (χ0v) is 16.9. The second-order valence-corrected chi connectivity index (χ2v) is 9.16. The van der Waals surface area contributed by atoms with Gasteiger partial charge in [-0.25, -0.2) is 4.98 Å². The highest BCUT2D eigenvalue weighted by molar-refractivity contribution is 7.99. The molecule has 0 saturated heterocycles. The smallest absolute Gasteiger partial charge is 0.259 e. The summed E-state index contributed by atoms with van der Waals surface area (Å²) in [6.07, 6.45) is 2.11. The lowest BCUT2D eigenvalue weighted by Crippen LogP contribution is -2.29. The highest BCUT2D eigenvalue weighted by Crippen LogP contribution is 2.33. The number of H-pyrrole nitrogens is 1. The Labute approximate surface area is 165 Å². The van der Waals surface area contributed by atoms with Crippen LogP contribution in [0.3, 0.4) is 0 Å². The summed E-state index contributed by atoms with van der Waals surface area (Å²) in [7, 11) is 0. The molecule has 0 spiro atoms. The molecule has 0 aliphatic heterocycles. The van der Waals surface area contributed by atoms with Crippen LogP contribution in [-0.2, 0) is 10.5 Å². The molecule has 2 aromatic heterocycles. The van der Waals surface area contributed by atoms with Crippen LogP contribution in [0.4, 0.5) is 0 Å². The molecule has 7 heteroatoms. The first-order valence-corrected chi connectivity index (χ1v) is 10.9. The second kappa shape index (κ2) is 7.48. The Morgan fingerprint density at radius 3 is 2.78 bits per heavy atom. The number of rotatable bonds is 6. The Hall–Kier alpha value is -2.12. The number of aryl methyl sites for hydroxylation is 2. The Morgan fingerprint density at radius 2 is 2.07 bits per heavy atom. The van der Waals surface area contributed by atoms with E-state index in [-0.39, 0.29) is 16.7 Å². The number of nitrogens with one attached hydrogen (secondary N) is 2. The molecule has 0 bridgehead atoms. The van der Waals surface area contributed by atoms with Crippen molar-refractivity contribution >= 4 is 39.2 Å². The summed E-state index contributed by atoms with van der Waals surface area (Å²) in [6.45, 7) is 3.95. The SMILES string of the molecule is Cc1sc2nc(CS[C@@H](C(=O)NC3CC3)c3ccccc3)[nH]c(=O)c2c1C. The molecule has 140 valence electrons. The zero-order valence-electron chi connectivity index (χ0n) is 15.2. The van der Waals surface area contributed by atoms with Gasteiger partial charge in [-0.2, -0.15) is 0 Å². The van der Waals surface area contributed by atoms with Gasteiger partial charge in [-0.15, -0.1) is 23.1 Å². The van der Waals surface area contributed by atoms with Gasteiger partial charge in [0.1, 0.15) is 15.9 Å². The average Bonchev–Trinajstić information content (AvgIpc) is 3.41. The third kappa shape index (κ3) is 3.94. The number of carbonyl (C=O) groups is 1. The summed E-state index contributed by atoms with van der Waals surface area (Å²) < 4.78 is 0. The van der Waals surface area contributed by atoms with E-state index >= 15 is 0 Å². The number of nitrogens with zero attached hydrogens (tertiary/aromatic N) is 1. The summed E-state index contributed by atoms with van der Waals surface area (Å²) in [6, 6.07) is 10.1. The van der Waals surface area contributed by atoms with Crippen LogP contribution in [0.25, 0.3) is 10.2 Å². The number of amides is 1. The van der Waals surface area contributed by atoms with Crippen LogP contribution in [0.15, 0.2) is 35.1 Å². The fourth-order valence-corrected chi connectivity index (χ4v) is 5.06. The Bertz CT molecular complexity index is 1040. The number of carbonyl (C=O) groups excluding carboxylic acids is 1. The van der Waals surface area contributed by atoms with Crippen molar-refractivity contribution in [1.29, 1.82) is 0 Å². The molecule has 4 rings (SSSR count). The lowest BCUT2D eigenvalue weighted by Gasteiger charge is -2.16. The van der Waals surface area contributed by atoms with Gasteiger partial charge >= 0.3 is 0 Å². The van der Waals surface area contributed by atoms with Crippen molar-refractivity contribution in [3.05, 3.63) is 62.5 Å². The predicted molar refractivity (Wildman–Crippen MR) is 111 cm³/mol. The van der Waals surface area contributed by atoms with Gasteiger partial charge in [-0.3, -0.25) is 9.59 Å². The van der Waals surface area contributed by atoms with Gasteiger partial charge in [0.2, 0.25) is 5.91 Å². The Morgan fingerprint density at radius 1 is 1.33 bits per heavy atom. The summed E-state index contributed by atoms with van der Waals surface area (Å²) in [5, 5.41) is 3.45. The van der Waals surface area contributed by atoms with E-state index in [0.29, 0.717) is 23.0 Å². The first-order chi connectivity index (χ1) is 13.0. The molecule has 1 saturated carbocycles. The average molecular weight is 400 g/mol. The van der Waals surface area contributed by atoms with E-state index in [2.05, 4.69) is 15.3 Å².